The molecular weight excluding hydrogens is 306 g/mol. The van der Waals surface area contributed by atoms with Crippen molar-refractivity contribution in [2.75, 3.05) is 11.9 Å². The lowest BCUT2D eigenvalue weighted by molar-refractivity contribution is 0.234. The Morgan fingerprint density at radius 1 is 1.22 bits per heavy atom. The van der Waals surface area contributed by atoms with Crippen molar-refractivity contribution in [2.45, 2.75) is 32.3 Å². The van der Waals surface area contributed by atoms with Gasteiger partial charge < -0.3 is 10.1 Å². The molecule has 4 rings (SSSR count). The summed E-state index contributed by atoms with van der Waals surface area (Å²) in [5.74, 6) is 1.84. The molecule has 0 amide bonds. The van der Waals surface area contributed by atoms with Gasteiger partial charge in [-0.2, -0.15) is 0 Å². The lowest BCUT2D eigenvalue weighted by Gasteiger charge is -2.16. The third-order valence-electron chi connectivity index (χ3n) is 4.14. The zero-order valence-electron chi connectivity index (χ0n) is 13.1. The van der Waals surface area contributed by atoms with E-state index in [-0.39, 0.29) is 6.10 Å². The van der Waals surface area contributed by atoms with E-state index < -0.39 is 0 Å². The van der Waals surface area contributed by atoms with Crippen molar-refractivity contribution in [1.82, 2.24) is 9.97 Å². The number of benzene rings is 1. The quantitative estimate of drug-likeness (QED) is 0.768. The van der Waals surface area contributed by atoms with E-state index in [0.717, 1.165) is 22.8 Å². The highest BCUT2D eigenvalue weighted by Gasteiger charge is 2.21. The minimum absolute atomic E-state index is 0.0640. The van der Waals surface area contributed by atoms with Crippen LogP contribution >= 0.6 is 11.3 Å². The molecule has 23 heavy (non-hydrogen) atoms. The van der Waals surface area contributed by atoms with E-state index in [1.165, 1.54) is 28.7 Å². The van der Waals surface area contributed by atoms with Crippen LogP contribution in [-0.4, -0.2) is 22.6 Å². The number of ether oxygens (including phenoxy) is 1. The number of hydrogen-bond donors (Lipinski definition) is 1. The Labute approximate surface area is 139 Å². The molecule has 0 spiro atoms. The smallest absolute Gasteiger partial charge is 0.138 e. The Morgan fingerprint density at radius 2 is 2.09 bits per heavy atom. The molecule has 5 heteroatoms. The zero-order valence-corrected chi connectivity index (χ0v) is 13.9. The van der Waals surface area contributed by atoms with E-state index >= 15 is 0 Å². The first-order chi connectivity index (χ1) is 11.3. The average Bonchev–Trinajstić information content (AvgIpc) is 3.14. The van der Waals surface area contributed by atoms with Gasteiger partial charge >= 0.3 is 0 Å². The molecule has 0 radical (unpaired) electrons. The summed E-state index contributed by atoms with van der Waals surface area (Å²) in [4.78, 5) is 11.5. The zero-order chi connectivity index (χ0) is 15.6. The highest BCUT2D eigenvalue weighted by atomic mass is 32.1. The van der Waals surface area contributed by atoms with Crippen molar-refractivity contribution in [3.63, 3.8) is 0 Å². The first kappa shape index (κ1) is 14.5. The summed E-state index contributed by atoms with van der Waals surface area (Å²) in [5.41, 5.74) is 1.45. The van der Waals surface area contributed by atoms with Crippen molar-refractivity contribution in [2.24, 2.45) is 0 Å². The van der Waals surface area contributed by atoms with Crippen LogP contribution in [0.1, 0.15) is 23.8 Å². The van der Waals surface area contributed by atoms with Crippen LogP contribution in [0.4, 0.5) is 5.82 Å². The molecule has 1 aliphatic rings. The summed E-state index contributed by atoms with van der Waals surface area (Å²) in [6.07, 6.45) is 5.29. The number of nitrogens with zero attached hydrogens (tertiary/aromatic N) is 2. The lowest BCUT2D eigenvalue weighted by Crippen LogP contribution is -2.23. The Hall–Kier alpha value is -2.14. The van der Waals surface area contributed by atoms with Crippen LogP contribution in [0.5, 0.6) is 5.75 Å². The fourth-order valence-corrected chi connectivity index (χ4v) is 4.30. The third-order valence-corrected chi connectivity index (χ3v) is 5.34. The molecule has 0 fully saturated rings. The van der Waals surface area contributed by atoms with Crippen molar-refractivity contribution >= 4 is 27.4 Å². The highest BCUT2D eigenvalue weighted by molar-refractivity contribution is 7.19. The fourth-order valence-electron chi connectivity index (χ4n) is 3.08. The molecule has 0 saturated carbocycles. The molecule has 1 unspecified atom stereocenters. The summed E-state index contributed by atoms with van der Waals surface area (Å²) >= 11 is 1.82. The number of nitrogens with one attached hydrogen (secondary N) is 1. The number of hydrogen-bond acceptors (Lipinski definition) is 5. The van der Waals surface area contributed by atoms with Crippen LogP contribution in [-0.2, 0) is 12.8 Å². The predicted octanol–water partition coefficient (Wildman–Crippen LogP) is 4.06. The second-order valence-electron chi connectivity index (χ2n) is 5.88. The van der Waals surface area contributed by atoms with E-state index in [4.69, 9.17) is 4.74 Å². The standard InChI is InChI=1S/C18H19N3OS/c1-12(22-13-6-3-2-4-7-13)10-19-17-16-14-8-5-9-15(14)23-18(16)21-11-20-17/h2-4,6-7,11-12H,5,8-10H2,1H3,(H,19,20,21). The van der Waals surface area contributed by atoms with Crippen molar-refractivity contribution < 1.29 is 4.74 Å². The Balaban J connectivity index is 1.50. The van der Waals surface area contributed by atoms with E-state index in [1.54, 1.807) is 6.33 Å². The molecule has 1 aromatic carbocycles. The van der Waals surface area contributed by atoms with Gasteiger partial charge in [0.05, 0.1) is 11.9 Å². The molecule has 0 aliphatic heterocycles. The minimum Gasteiger partial charge on any atom is -0.489 e. The molecule has 4 nitrogen and oxygen atoms in total. The van der Waals surface area contributed by atoms with Gasteiger partial charge in [0, 0.05) is 4.88 Å². The second-order valence-corrected chi connectivity index (χ2v) is 6.97. The first-order valence-electron chi connectivity index (χ1n) is 8.02. The van der Waals surface area contributed by atoms with Crippen LogP contribution in [0, 0.1) is 0 Å². The van der Waals surface area contributed by atoms with Gasteiger partial charge in [0.2, 0.25) is 0 Å². The molecule has 0 bridgehead atoms. The first-order valence-corrected chi connectivity index (χ1v) is 8.84. The number of thiophene rings is 1. The minimum atomic E-state index is 0.0640. The fraction of sp³-hybridized carbons (Fsp3) is 0.333. The third kappa shape index (κ3) is 2.88. The van der Waals surface area contributed by atoms with Gasteiger partial charge in [0.15, 0.2) is 0 Å². The van der Waals surface area contributed by atoms with E-state index in [2.05, 4.69) is 22.2 Å². The number of para-hydroxylation sites is 1. The molecule has 3 aromatic rings. The van der Waals surface area contributed by atoms with Crippen LogP contribution < -0.4 is 10.1 Å². The van der Waals surface area contributed by atoms with Crippen molar-refractivity contribution in [1.29, 1.82) is 0 Å². The van der Waals surface area contributed by atoms with Gasteiger partial charge in [0.25, 0.3) is 0 Å². The maximum Gasteiger partial charge on any atom is 0.138 e. The summed E-state index contributed by atoms with van der Waals surface area (Å²) in [6, 6.07) is 9.91. The number of anilines is 1. The van der Waals surface area contributed by atoms with Gasteiger partial charge in [-0.15, -0.1) is 11.3 Å². The number of aromatic nitrogens is 2. The largest absolute Gasteiger partial charge is 0.489 e. The number of rotatable bonds is 5. The monoisotopic (exact) mass is 325 g/mol. The van der Waals surface area contributed by atoms with E-state index in [1.807, 2.05) is 41.7 Å². The lowest BCUT2D eigenvalue weighted by atomic mass is 10.2. The molecule has 1 atom stereocenters. The van der Waals surface area contributed by atoms with Gasteiger partial charge in [-0.25, -0.2) is 9.97 Å². The van der Waals surface area contributed by atoms with Gasteiger partial charge in [0.1, 0.15) is 28.8 Å². The molecular formula is C18H19N3OS. The van der Waals surface area contributed by atoms with Crippen molar-refractivity contribution in [3.8, 4) is 5.75 Å². The van der Waals surface area contributed by atoms with Crippen LogP contribution in [0.3, 0.4) is 0 Å². The molecule has 1 aliphatic carbocycles. The highest BCUT2D eigenvalue weighted by Crippen LogP contribution is 2.38. The van der Waals surface area contributed by atoms with Gasteiger partial charge in [-0.1, -0.05) is 18.2 Å². The second kappa shape index (κ2) is 6.16. The SMILES string of the molecule is CC(CNc1ncnc2sc3c(c12)CCC3)Oc1ccccc1. The Bertz CT molecular complexity index is 816. The van der Waals surface area contributed by atoms with Crippen LogP contribution in [0.25, 0.3) is 10.2 Å². The normalized spacial score (nSPS) is 14.7. The summed E-state index contributed by atoms with van der Waals surface area (Å²) in [5, 5.41) is 4.67. The summed E-state index contributed by atoms with van der Waals surface area (Å²) in [7, 11) is 0. The molecule has 1 N–H and O–H groups in total. The Morgan fingerprint density at radius 3 is 2.96 bits per heavy atom. The average molecular weight is 325 g/mol. The molecule has 2 heterocycles. The van der Waals surface area contributed by atoms with Gasteiger partial charge in [-0.3, -0.25) is 0 Å². The predicted molar refractivity (Wildman–Crippen MR) is 94.5 cm³/mol. The Kier molecular flexibility index (Phi) is 3.87. The maximum absolute atomic E-state index is 5.92. The van der Waals surface area contributed by atoms with Crippen LogP contribution in [0.15, 0.2) is 36.7 Å². The molecule has 118 valence electrons. The molecule has 0 saturated heterocycles. The summed E-state index contributed by atoms with van der Waals surface area (Å²) in [6.45, 7) is 2.78. The maximum atomic E-state index is 5.92. The molecule has 2 aromatic heterocycles. The summed E-state index contributed by atoms with van der Waals surface area (Å²) < 4.78 is 5.92. The van der Waals surface area contributed by atoms with Crippen LogP contribution in [0.2, 0.25) is 0 Å². The van der Waals surface area contributed by atoms with Crippen molar-refractivity contribution in [3.05, 3.63) is 47.1 Å². The van der Waals surface area contributed by atoms with E-state index in [0.29, 0.717) is 6.54 Å². The number of aryl methyl sites for hydroxylation is 2. The van der Waals surface area contributed by atoms with Gasteiger partial charge in [-0.05, 0) is 43.9 Å². The van der Waals surface area contributed by atoms with E-state index in [9.17, 15) is 0 Å². The number of fused-ring (bicyclic) bond motifs is 3. The topological polar surface area (TPSA) is 47.0 Å².